The highest BCUT2D eigenvalue weighted by Crippen LogP contribution is 2.02. The number of hydrogen-bond donors (Lipinski definition) is 1. The molecule has 0 aliphatic rings. The van der Waals surface area contributed by atoms with Crippen molar-refractivity contribution in [3.05, 3.63) is 49.3 Å². The first kappa shape index (κ1) is 16.8. The van der Waals surface area contributed by atoms with Gasteiger partial charge in [0.2, 0.25) is 0 Å². The van der Waals surface area contributed by atoms with E-state index in [0.29, 0.717) is 25.1 Å². The Morgan fingerprint density at radius 3 is 2.62 bits per heavy atom. The van der Waals surface area contributed by atoms with Crippen molar-refractivity contribution in [1.29, 1.82) is 0 Å². The minimum Gasteiger partial charge on any atom is -0.313 e. The molecule has 0 atom stereocenters. The summed E-state index contributed by atoms with van der Waals surface area (Å²) in [5.41, 5.74) is -1.43. The third kappa shape index (κ3) is 4.12. The first-order valence-corrected chi connectivity index (χ1v) is 6.78. The van der Waals surface area contributed by atoms with Crippen LogP contribution in [0.3, 0.4) is 0 Å². The van der Waals surface area contributed by atoms with Crippen molar-refractivity contribution in [3.63, 3.8) is 0 Å². The van der Waals surface area contributed by atoms with Crippen LogP contribution in [0, 0.1) is 10.1 Å². The summed E-state index contributed by atoms with van der Waals surface area (Å²) in [7, 11) is 0. The molecule has 0 aliphatic heterocycles. The molecule has 8 heteroatoms. The maximum absolute atomic E-state index is 12.2. The first-order valence-electron chi connectivity index (χ1n) is 6.78. The molecule has 0 aliphatic carbocycles. The fraction of sp³-hybridized carbons (Fsp3) is 0.538. The van der Waals surface area contributed by atoms with Gasteiger partial charge in [-0.15, -0.1) is 0 Å². The maximum atomic E-state index is 12.2. The molecule has 0 amide bonds. The van der Waals surface area contributed by atoms with Crippen LogP contribution in [0.4, 0.5) is 5.69 Å². The van der Waals surface area contributed by atoms with E-state index in [1.54, 1.807) is 0 Å². The monoisotopic (exact) mass is 296 g/mol. The van der Waals surface area contributed by atoms with Gasteiger partial charge < -0.3 is 5.32 Å². The number of aromatic nitrogens is 2. The molecule has 0 radical (unpaired) electrons. The second-order valence-electron chi connectivity index (χ2n) is 4.67. The number of rotatable bonds is 8. The van der Waals surface area contributed by atoms with Gasteiger partial charge in [-0.1, -0.05) is 20.4 Å². The minimum absolute atomic E-state index is 0.0317. The molecule has 0 saturated carbocycles. The Morgan fingerprint density at radius 2 is 2.10 bits per heavy atom. The van der Waals surface area contributed by atoms with Crippen molar-refractivity contribution in [3.8, 4) is 0 Å². The molecular formula is C13H20N4O4. The molecular weight excluding hydrogens is 276 g/mol. The number of nitro groups is 1. The zero-order chi connectivity index (χ0) is 16.0. The van der Waals surface area contributed by atoms with E-state index >= 15 is 0 Å². The van der Waals surface area contributed by atoms with Crippen LogP contribution in [0.5, 0.6) is 0 Å². The third-order valence-electron chi connectivity index (χ3n) is 2.89. The van der Waals surface area contributed by atoms with Gasteiger partial charge in [0.25, 0.3) is 0 Å². The Morgan fingerprint density at radius 1 is 1.43 bits per heavy atom. The molecule has 0 unspecified atom stereocenters. The quantitative estimate of drug-likeness (QED) is 0.427. The highest BCUT2D eigenvalue weighted by atomic mass is 16.6. The minimum atomic E-state index is -0.894. The second kappa shape index (κ2) is 7.53. The lowest BCUT2D eigenvalue weighted by atomic mass is 10.3. The lowest BCUT2D eigenvalue weighted by Crippen LogP contribution is -2.41. The van der Waals surface area contributed by atoms with Gasteiger partial charge in [0, 0.05) is 13.1 Å². The number of aryl methyl sites for hydroxylation is 1. The maximum Gasteiger partial charge on any atom is 0.350 e. The van der Waals surface area contributed by atoms with E-state index in [4.69, 9.17) is 0 Å². The molecule has 0 fully saturated rings. The Labute approximate surface area is 121 Å². The highest BCUT2D eigenvalue weighted by molar-refractivity contribution is 5.22. The normalized spacial score (nSPS) is 10.6. The van der Waals surface area contributed by atoms with Crippen LogP contribution < -0.4 is 16.6 Å². The predicted molar refractivity (Wildman–Crippen MR) is 79.6 cm³/mol. The zero-order valence-electron chi connectivity index (χ0n) is 12.3. The summed E-state index contributed by atoms with van der Waals surface area (Å²) >= 11 is 0. The average Bonchev–Trinajstić information content (AvgIpc) is 2.44. The van der Waals surface area contributed by atoms with Crippen LogP contribution >= 0.6 is 0 Å². The van der Waals surface area contributed by atoms with Gasteiger partial charge in [0.05, 0.1) is 17.7 Å². The molecule has 0 bridgehead atoms. The van der Waals surface area contributed by atoms with Crippen LogP contribution in [0.25, 0.3) is 0 Å². The Kier molecular flexibility index (Phi) is 6.04. The van der Waals surface area contributed by atoms with Crippen LogP contribution in [0.2, 0.25) is 0 Å². The van der Waals surface area contributed by atoms with E-state index in [1.807, 2.05) is 13.8 Å². The second-order valence-corrected chi connectivity index (χ2v) is 4.67. The molecule has 1 rings (SSSR count). The van der Waals surface area contributed by atoms with E-state index < -0.39 is 21.9 Å². The number of hydrogen-bond acceptors (Lipinski definition) is 5. The highest BCUT2D eigenvalue weighted by Gasteiger charge is 2.19. The lowest BCUT2D eigenvalue weighted by Gasteiger charge is -2.11. The van der Waals surface area contributed by atoms with Crippen molar-refractivity contribution in [1.82, 2.24) is 14.5 Å². The predicted octanol–water partition coefficient (Wildman–Crippen LogP) is 0.494. The standard InChI is InChI=1S/C13H20N4O4/c1-4-6-15-9-11(17(20)21)12(18)16(13(15)19)8-10(3)7-14-5-2/h9,14H,3-8H2,1-2H3. The van der Waals surface area contributed by atoms with Gasteiger partial charge in [-0.2, -0.15) is 0 Å². The fourth-order valence-corrected chi connectivity index (χ4v) is 1.89. The number of nitrogens with zero attached hydrogens (tertiary/aromatic N) is 3. The number of nitrogens with one attached hydrogen (secondary N) is 1. The molecule has 1 aromatic rings. The average molecular weight is 296 g/mol. The van der Waals surface area contributed by atoms with Crippen molar-refractivity contribution < 1.29 is 4.92 Å². The molecule has 1 N–H and O–H groups in total. The Hall–Kier alpha value is -2.22. The van der Waals surface area contributed by atoms with Crippen LogP contribution in [-0.2, 0) is 13.1 Å². The summed E-state index contributed by atoms with van der Waals surface area (Å²) in [5.74, 6) is 0. The SMILES string of the molecule is C=C(CNCC)Cn1c(=O)c([N+](=O)[O-])cn(CCC)c1=O. The van der Waals surface area contributed by atoms with Gasteiger partial charge in [-0.05, 0) is 18.5 Å². The van der Waals surface area contributed by atoms with Crippen molar-refractivity contribution in [2.24, 2.45) is 0 Å². The van der Waals surface area contributed by atoms with Gasteiger partial charge >= 0.3 is 16.9 Å². The van der Waals surface area contributed by atoms with Crippen molar-refractivity contribution in [2.75, 3.05) is 13.1 Å². The summed E-state index contributed by atoms with van der Waals surface area (Å²) in [4.78, 5) is 34.4. The van der Waals surface area contributed by atoms with E-state index in [9.17, 15) is 19.7 Å². The number of likely N-dealkylation sites (N-methyl/N-ethyl adjacent to an activating group) is 1. The largest absolute Gasteiger partial charge is 0.350 e. The summed E-state index contributed by atoms with van der Waals surface area (Å²) in [6.07, 6.45) is 1.64. The molecule has 8 nitrogen and oxygen atoms in total. The van der Waals surface area contributed by atoms with Crippen LogP contribution in [-0.4, -0.2) is 27.1 Å². The van der Waals surface area contributed by atoms with Crippen LogP contribution in [0.15, 0.2) is 27.9 Å². The molecule has 1 aromatic heterocycles. The Balaban J connectivity index is 3.28. The van der Waals surface area contributed by atoms with E-state index in [1.165, 1.54) is 4.57 Å². The summed E-state index contributed by atoms with van der Waals surface area (Å²) in [6, 6.07) is 0. The topological polar surface area (TPSA) is 99.2 Å². The van der Waals surface area contributed by atoms with Gasteiger partial charge in [-0.3, -0.25) is 24.0 Å². The molecule has 0 saturated heterocycles. The molecule has 21 heavy (non-hydrogen) atoms. The zero-order valence-corrected chi connectivity index (χ0v) is 12.3. The smallest absolute Gasteiger partial charge is 0.313 e. The van der Waals surface area contributed by atoms with Gasteiger partial charge in [0.15, 0.2) is 0 Å². The van der Waals surface area contributed by atoms with E-state index in [2.05, 4.69) is 11.9 Å². The van der Waals surface area contributed by atoms with Crippen molar-refractivity contribution in [2.45, 2.75) is 33.4 Å². The molecule has 1 heterocycles. The van der Waals surface area contributed by atoms with E-state index in [-0.39, 0.29) is 6.54 Å². The summed E-state index contributed by atoms with van der Waals surface area (Å²) < 4.78 is 2.06. The molecule has 116 valence electrons. The van der Waals surface area contributed by atoms with Crippen LogP contribution in [0.1, 0.15) is 20.3 Å². The van der Waals surface area contributed by atoms with Gasteiger partial charge in [-0.25, -0.2) is 4.79 Å². The summed E-state index contributed by atoms with van der Waals surface area (Å²) in [6.45, 7) is 9.00. The lowest BCUT2D eigenvalue weighted by molar-refractivity contribution is -0.387. The fourth-order valence-electron chi connectivity index (χ4n) is 1.89. The molecule has 0 spiro atoms. The van der Waals surface area contributed by atoms with Gasteiger partial charge in [0.1, 0.15) is 0 Å². The summed E-state index contributed by atoms with van der Waals surface area (Å²) in [5, 5.41) is 14.0. The third-order valence-corrected chi connectivity index (χ3v) is 2.89. The first-order chi connectivity index (χ1) is 9.92. The Bertz CT molecular complexity index is 645. The molecule has 0 aromatic carbocycles. The van der Waals surface area contributed by atoms with E-state index in [0.717, 1.165) is 17.3 Å². The van der Waals surface area contributed by atoms with Crippen molar-refractivity contribution >= 4 is 5.69 Å².